The van der Waals surface area contributed by atoms with Gasteiger partial charge in [0.2, 0.25) is 0 Å². The molecule has 1 rings (SSSR count). The molecule has 0 bridgehead atoms. The number of esters is 1. The first-order valence-corrected chi connectivity index (χ1v) is 7.28. The fraction of sp³-hybridized carbons (Fsp3) is 0.588. The van der Waals surface area contributed by atoms with Gasteiger partial charge in [-0.15, -0.1) is 0 Å². The monoisotopic (exact) mass is 278 g/mol. The zero-order valence-corrected chi connectivity index (χ0v) is 13.1. The van der Waals surface area contributed by atoms with Crippen molar-refractivity contribution in [3.8, 4) is 5.75 Å². The van der Waals surface area contributed by atoms with E-state index in [4.69, 9.17) is 9.47 Å². The van der Waals surface area contributed by atoms with Crippen molar-refractivity contribution in [2.75, 3.05) is 6.61 Å². The summed E-state index contributed by atoms with van der Waals surface area (Å²) in [6.45, 7) is 8.41. The standard InChI is InChI=1S/C17H26O3/c1-14-9-8-10-15(13-14)19-12-7-5-6-11-16(18)20-17(2,3)4/h8-10,13H,5-7,11-12H2,1-4H3. The summed E-state index contributed by atoms with van der Waals surface area (Å²) in [6, 6.07) is 8.04. The number of ether oxygens (including phenoxy) is 2. The van der Waals surface area contributed by atoms with Crippen LogP contribution < -0.4 is 4.74 Å². The third-order valence-electron chi connectivity index (χ3n) is 2.70. The van der Waals surface area contributed by atoms with E-state index in [1.165, 1.54) is 5.56 Å². The number of unbranched alkanes of at least 4 members (excludes halogenated alkanes) is 2. The molecule has 0 N–H and O–H groups in total. The predicted octanol–water partition coefficient (Wildman–Crippen LogP) is 4.28. The van der Waals surface area contributed by atoms with Crippen molar-refractivity contribution >= 4 is 5.97 Å². The number of benzene rings is 1. The fourth-order valence-electron chi connectivity index (χ4n) is 1.84. The van der Waals surface area contributed by atoms with Crippen LogP contribution in [0.15, 0.2) is 24.3 Å². The normalized spacial score (nSPS) is 11.2. The Morgan fingerprint density at radius 1 is 1.15 bits per heavy atom. The molecule has 0 aromatic heterocycles. The highest BCUT2D eigenvalue weighted by Gasteiger charge is 2.15. The number of rotatable bonds is 7. The van der Waals surface area contributed by atoms with Crippen LogP contribution in [0.4, 0.5) is 0 Å². The second kappa shape index (κ2) is 7.93. The number of carbonyl (C=O) groups is 1. The Labute approximate surface area is 122 Å². The van der Waals surface area contributed by atoms with E-state index in [1.54, 1.807) is 0 Å². The second-order valence-electron chi connectivity index (χ2n) is 6.06. The zero-order chi connectivity index (χ0) is 15.0. The Morgan fingerprint density at radius 3 is 2.55 bits per heavy atom. The molecule has 3 heteroatoms. The molecule has 0 radical (unpaired) electrons. The third kappa shape index (κ3) is 7.82. The summed E-state index contributed by atoms with van der Waals surface area (Å²) in [4.78, 5) is 11.5. The molecule has 0 amide bonds. The molecule has 0 saturated heterocycles. The van der Waals surface area contributed by atoms with E-state index in [0.717, 1.165) is 25.0 Å². The topological polar surface area (TPSA) is 35.5 Å². The molecule has 0 aliphatic carbocycles. The lowest BCUT2D eigenvalue weighted by Gasteiger charge is -2.19. The van der Waals surface area contributed by atoms with Gasteiger partial charge >= 0.3 is 5.97 Å². The smallest absolute Gasteiger partial charge is 0.306 e. The van der Waals surface area contributed by atoms with Gasteiger partial charge in [-0.3, -0.25) is 4.79 Å². The lowest BCUT2D eigenvalue weighted by atomic mass is 10.1. The van der Waals surface area contributed by atoms with Gasteiger partial charge in [0.05, 0.1) is 6.61 Å². The van der Waals surface area contributed by atoms with Gasteiger partial charge < -0.3 is 9.47 Å². The summed E-state index contributed by atoms with van der Waals surface area (Å²) >= 11 is 0. The molecular weight excluding hydrogens is 252 g/mol. The van der Waals surface area contributed by atoms with Gasteiger partial charge in [0.15, 0.2) is 0 Å². The quantitative estimate of drug-likeness (QED) is 0.552. The number of aryl methyl sites for hydroxylation is 1. The van der Waals surface area contributed by atoms with E-state index in [9.17, 15) is 4.79 Å². The highest BCUT2D eigenvalue weighted by molar-refractivity contribution is 5.69. The van der Waals surface area contributed by atoms with Gasteiger partial charge in [-0.05, 0) is 64.7 Å². The molecule has 0 fully saturated rings. The first-order chi connectivity index (χ1) is 9.37. The van der Waals surface area contributed by atoms with E-state index < -0.39 is 0 Å². The minimum absolute atomic E-state index is 0.114. The first kappa shape index (κ1) is 16.5. The minimum atomic E-state index is -0.384. The van der Waals surface area contributed by atoms with E-state index >= 15 is 0 Å². The van der Waals surface area contributed by atoms with Crippen LogP contribution in [0.25, 0.3) is 0 Å². The summed E-state index contributed by atoms with van der Waals surface area (Å²) in [5.74, 6) is 0.800. The molecule has 1 aromatic rings. The predicted molar refractivity (Wildman–Crippen MR) is 81.0 cm³/mol. The Balaban J connectivity index is 2.07. The number of carbonyl (C=O) groups excluding carboxylic acids is 1. The highest BCUT2D eigenvalue weighted by atomic mass is 16.6. The average molecular weight is 278 g/mol. The van der Waals surface area contributed by atoms with Crippen molar-refractivity contribution in [3.05, 3.63) is 29.8 Å². The molecule has 0 heterocycles. The molecule has 0 atom stereocenters. The van der Waals surface area contributed by atoms with Crippen molar-refractivity contribution in [3.63, 3.8) is 0 Å². The second-order valence-corrected chi connectivity index (χ2v) is 6.06. The van der Waals surface area contributed by atoms with Crippen LogP contribution in [-0.2, 0) is 9.53 Å². The van der Waals surface area contributed by atoms with E-state index in [1.807, 2.05) is 52.0 Å². The minimum Gasteiger partial charge on any atom is -0.494 e. The van der Waals surface area contributed by atoms with Crippen molar-refractivity contribution in [1.82, 2.24) is 0 Å². The summed E-state index contributed by atoms with van der Waals surface area (Å²) in [6.07, 6.45) is 3.27. The lowest BCUT2D eigenvalue weighted by molar-refractivity contribution is -0.154. The van der Waals surface area contributed by atoms with E-state index in [2.05, 4.69) is 0 Å². The molecule has 0 spiro atoms. The molecule has 0 aliphatic rings. The van der Waals surface area contributed by atoms with Gasteiger partial charge in [-0.25, -0.2) is 0 Å². The SMILES string of the molecule is Cc1cccc(OCCCCCC(=O)OC(C)(C)C)c1. The molecule has 3 nitrogen and oxygen atoms in total. The Bertz CT molecular complexity index is 418. The molecular formula is C17H26O3. The molecule has 112 valence electrons. The van der Waals surface area contributed by atoms with Crippen molar-refractivity contribution < 1.29 is 14.3 Å². The third-order valence-corrected chi connectivity index (χ3v) is 2.70. The summed E-state index contributed by atoms with van der Waals surface area (Å²) in [5.41, 5.74) is 0.818. The van der Waals surface area contributed by atoms with Crippen LogP contribution in [0.3, 0.4) is 0 Å². The number of hydrogen-bond acceptors (Lipinski definition) is 3. The molecule has 0 saturated carbocycles. The van der Waals surface area contributed by atoms with Crippen LogP contribution in [0, 0.1) is 6.92 Å². The Morgan fingerprint density at radius 2 is 1.90 bits per heavy atom. The highest BCUT2D eigenvalue weighted by Crippen LogP contribution is 2.14. The van der Waals surface area contributed by atoms with Crippen molar-refractivity contribution in [1.29, 1.82) is 0 Å². The number of hydrogen-bond donors (Lipinski definition) is 0. The summed E-state index contributed by atoms with van der Waals surface area (Å²) in [5, 5.41) is 0. The largest absolute Gasteiger partial charge is 0.494 e. The van der Waals surface area contributed by atoms with E-state index in [-0.39, 0.29) is 11.6 Å². The van der Waals surface area contributed by atoms with Gasteiger partial charge in [0, 0.05) is 6.42 Å². The Hall–Kier alpha value is -1.51. The van der Waals surface area contributed by atoms with E-state index in [0.29, 0.717) is 13.0 Å². The van der Waals surface area contributed by atoms with Crippen LogP contribution in [0.5, 0.6) is 5.75 Å². The summed E-state index contributed by atoms with van der Waals surface area (Å²) in [7, 11) is 0. The van der Waals surface area contributed by atoms with Crippen LogP contribution >= 0.6 is 0 Å². The van der Waals surface area contributed by atoms with Crippen molar-refractivity contribution in [2.45, 2.75) is 59.0 Å². The fourth-order valence-corrected chi connectivity index (χ4v) is 1.84. The van der Waals surface area contributed by atoms with Gasteiger partial charge in [0.25, 0.3) is 0 Å². The molecule has 0 unspecified atom stereocenters. The average Bonchev–Trinajstić information content (AvgIpc) is 2.31. The molecule has 0 aliphatic heterocycles. The van der Waals surface area contributed by atoms with Gasteiger partial charge in [-0.2, -0.15) is 0 Å². The first-order valence-electron chi connectivity index (χ1n) is 7.28. The van der Waals surface area contributed by atoms with Crippen LogP contribution in [-0.4, -0.2) is 18.2 Å². The Kier molecular flexibility index (Phi) is 6.56. The molecule has 20 heavy (non-hydrogen) atoms. The zero-order valence-electron chi connectivity index (χ0n) is 13.1. The van der Waals surface area contributed by atoms with Crippen LogP contribution in [0.1, 0.15) is 52.0 Å². The summed E-state index contributed by atoms with van der Waals surface area (Å²) < 4.78 is 10.9. The maximum absolute atomic E-state index is 11.5. The lowest BCUT2D eigenvalue weighted by Crippen LogP contribution is -2.23. The van der Waals surface area contributed by atoms with Crippen molar-refractivity contribution in [2.24, 2.45) is 0 Å². The molecule has 1 aromatic carbocycles. The van der Waals surface area contributed by atoms with Gasteiger partial charge in [0.1, 0.15) is 11.4 Å². The van der Waals surface area contributed by atoms with Gasteiger partial charge in [-0.1, -0.05) is 12.1 Å². The maximum atomic E-state index is 11.5. The van der Waals surface area contributed by atoms with Crippen LogP contribution in [0.2, 0.25) is 0 Å². The maximum Gasteiger partial charge on any atom is 0.306 e.